The second-order valence-corrected chi connectivity index (χ2v) is 3.58. The molecule has 0 fully saturated rings. The van der Waals surface area contributed by atoms with Crippen LogP contribution >= 0.6 is 11.6 Å². The molecule has 0 aliphatic carbocycles. The molecule has 1 heterocycles. The first-order chi connectivity index (χ1) is 8.26. The molecule has 1 N–H and O–H groups in total. The number of methoxy groups -OCH3 is 1. The molecule has 0 spiro atoms. The zero-order chi connectivity index (χ0) is 13.1. The minimum Gasteiger partial charge on any atom is -0.467 e. The number of unbranched alkanes of at least 4 members (excludes halogenated alkanes) is 2. The Morgan fingerprint density at radius 1 is 1.29 bits per heavy atom. The summed E-state index contributed by atoms with van der Waals surface area (Å²) in [4.78, 5) is 8.01. The topological polar surface area (TPSA) is 47.0 Å². The SMILES string of the molecule is CC.CCCCCNc1cc(Cl)nc(OC)n1. The van der Waals surface area contributed by atoms with Crippen LogP contribution in [0.5, 0.6) is 6.01 Å². The Bertz CT molecular complexity index is 308. The molecule has 0 aliphatic heterocycles. The highest BCUT2D eigenvalue weighted by Gasteiger charge is 2.01. The van der Waals surface area contributed by atoms with Crippen molar-refractivity contribution >= 4 is 17.4 Å². The summed E-state index contributed by atoms with van der Waals surface area (Å²) in [7, 11) is 1.52. The highest BCUT2D eigenvalue weighted by atomic mass is 35.5. The van der Waals surface area contributed by atoms with Crippen molar-refractivity contribution in [3.63, 3.8) is 0 Å². The van der Waals surface area contributed by atoms with E-state index in [1.807, 2.05) is 13.8 Å². The van der Waals surface area contributed by atoms with Crippen LogP contribution in [-0.2, 0) is 0 Å². The molecule has 4 nitrogen and oxygen atoms in total. The molecule has 0 bridgehead atoms. The standard InChI is InChI=1S/C10H16ClN3O.C2H6/c1-3-4-5-6-12-9-7-8(11)13-10(14-9)15-2;1-2/h7H,3-6H2,1-2H3,(H,12,13,14);1-2H3. The van der Waals surface area contributed by atoms with Gasteiger partial charge in [-0.15, -0.1) is 0 Å². The summed E-state index contributed by atoms with van der Waals surface area (Å²) in [6.07, 6.45) is 3.54. The van der Waals surface area contributed by atoms with Gasteiger partial charge >= 0.3 is 6.01 Å². The number of anilines is 1. The minimum atomic E-state index is 0.292. The number of halogens is 1. The van der Waals surface area contributed by atoms with Gasteiger partial charge in [0.15, 0.2) is 0 Å². The zero-order valence-electron chi connectivity index (χ0n) is 11.1. The van der Waals surface area contributed by atoms with Crippen LogP contribution in [0.1, 0.15) is 40.0 Å². The van der Waals surface area contributed by atoms with Gasteiger partial charge in [0, 0.05) is 12.6 Å². The fraction of sp³-hybridized carbons (Fsp3) is 0.667. The molecule has 0 aliphatic rings. The summed E-state index contributed by atoms with van der Waals surface area (Å²) in [5.41, 5.74) is 0. The second-order valence-electron chi connectivity index (χ2n) is 3.20. The monoisotopic (exact) mass is 259 g/mol. The number of aromatic nitrogens is 2. The third kappa shape index (κ3) is 7.00. The van der Waals surface area contributed by atoms with Crippen molar-refractivity contribution in [2.45, 2.75) is 40.0 Å². The summed E-state index contributed by atoms with van der Waals surface area (Å²) in [6, 6.07) is 1.98. The van der Waals surface area contributed by atoms with Gasteiger partial charge in [-0.25, -0.2) is 0 Å². The molecule has 0 aromatic carbocycles. The number of nitrogens with one attached hydrogen (secondary N) is 1. The van der Waals surface area contributed by atoms with E-state index in [4.69, 9.17) is 16.3 Å². The van der Waals surface area contributed by atoms with Gasteiger partial charge in [0.05, 0.1) is 7.11 Å². The average Bonchev–Trinajstić information content (AvgIpc) is 2.36. The van der Waals surface area contributed by atoms with E-state index in [1.54, 1.807) is 6.07 Å². The Morgan fingerprint density at radius 3 is 2.59 bits per heavy atom. The fourth-order valence-corrected chi connectivity index (χ4v) is 1.35. The van der Waals surface area contributed by atoms with Crippen LogP contribution in [0, 0.1) is 0 Å². The molecule has 0 amide bonds. The first kappa shape index (κ1) is 16.0. The van der Waals surface area contributed by atoms with Crippen molar-refractivity contribution in [1.82, 2.24) is 9.97 Å². The number of ether oxygens (including phenoxy) is 1. The smallest absolute Gasteiger partial charge is 0.319 e. The van der Waals surface area contributed by atoms with E-state index in [0.29, 0.717) is 17.0 Å². The molecule has 1 rings (SSSR count). The predicted molar refractivity (Wildman–Crippen MR) is 73.0 cm³/mol. The Hall–Kier alpha value is -1.03. The van der Waals surface area contributed by atoms with Gasteiger partial charge in [-0.1, -0.05) is 45.2 Å². The maximum absolute atomic E-state index is 5.80. The first-order valence-corrected chi connectivity index (χ1v) is 6.46. The van der Waals surface area contributed by atoms with E-state index in [0.717, 1.165) is 13.0 Å². The Morgan fingerprint density at radius 2 is 2.00 bits per heavy atom. The molecule has 1 aromatic heterocycles. The molecule has 0 atom stereocenters. The fourth-order valence-electron chi connectivity index (χ4n) is 1.17. The highest BCUT2D eigenvalue weighted by molar-refractivity contribution is 6.29. The van der Waals surface area contributed by atoms with Gasteiger partial charge in [0.1, 0.15) is 11.0 Å². The molecule has 98 valence electrons. The molecule has 1 aromatic rings. The van der Waals surface area contributed by atoms with E-state index in [9.17, 15) is 0 Å². The van der Waals surface area contributed by atoms with Gasteiger partial charge in [-0.3, -0.25) is 0 Å². The van der Waals surface area contributed by atoms with Gasteiger partial charge in [0.2, 0.25) is 0 Å². The van der Waals surface area contributed by atoms with Crippen molar-refractivity contribution in [2.24, 2.45) is 0 Å². The van der Waals surface area contributed by atoms with Gasteiger partial charge < -0.3 is 10.1 Å². The lowest BCUT2D eigenvalue weighted by atomic mass is 10.2. The van der Waals surface area contributed by atoms with E-state index in [2.05, 4.69) is 22.2 Å². The van der Waals surface area contributed by atoms with E-state index in [1.165, 1.54) is 20.0 Å². The zero-order valence-corrected chi connectivity index (χ0v) is 11.8. The maximum Gasteiger partial charge on any atom is 0.319 e. The van der Waals surface area contributed by atoms with Crippen molar-refractivity contribution in [3.8, 4) is 6.01 Å². The van der Waals surface area contributed by atoms with Crippen molar-refractivity contribution in [1.29, 1.82) is 0 Å². The predicted octanol–water partition coefficient (Wildman–Crippen LogP) is 3.77. The van der Waals surface area contributed by atoms with Crippen LogP contribution in [0.25, 0.3) is 0 Å². The van der Waals surface area contributed by atoms with Crippen LogP contribution < -0.4 is 10.1 Å². The van der Waals surface area contributed by atoms with E-state index >= 15 is 0 Å². The lowest BCUT2D eigenvalue weighted by Crippen LogP contribution is -2.04. The van der Waals surface area contributed by atoms with Crippen LogP contribution in [0.2, 0.25) is 5.15 Å². The van der Waals surface area contributed by atoms with Crippen LogP contribution in [-0.4, -0.2) is 23.6 Å². The lowest BCUT2D eigenvalue weighted by Gasteiger charge is -2.06. The maximum atomic E-state index is 5.80. The summed E-state index contributed by atoms with van der Waals surface area (Å²) in [6.45, 7) is 7.06. The first-order valence-electron chi connectivity index (χ1n) is 6.08. The van der Waals surface area contributed by atoms with Gasteiger partial charge in [-0.2, -0.15) is 9.97 Å². The molecule has 17 heavy (non-hydrogen) atoms. The van der Waals surface area contributed by atoms with E-state index in [-0.39, 0.29) is 0 Å². The molecule has 5 heteroatoms. The largest absolute Gasteiger partial charge is 0.467 e. The van der Waals surface area contributed by atoms with E-state index < -0.39 is 0 Å². The second kappa shape index (κ2) is 10.1. The quantitative estimate of drug-likeness (QED) is 0.624. The number of hydrogen-bond donors (Lipinski definition) is 1. The normalized spacial score (nSPS) is 9.24. The van der Waals surface area contributed by atoms with Crippen LogP contribution in [0.4, 0.5) is 5.82 Å². The molecule has 0 saturated heterocycles. The van der Waals surface area contributed by atoms with Crippen LogP contribution in [0.3, 0.4) is 0 Å². The number of hydrogen-bond acceptors (Lipinski definition) is 4. The molecular formula is C12H22ClN3O. The van der Waals surface area contributed by atoms with Crippen LogP contribution in [0.15, 0.2) is 6.07 Å². The van der Waals surface area contributed by atoms with Gasteiger partial charge in [-0.05, 0) is 6.42 Å². The molecule has 0 saturated carbocycles. The average molecular weight is 260 g/mol. The summed E-state index contributed by atoms with van der Waals surface area (Å²) >= 11 is 5.80. The van der Waals surface area contributed by atoms with Crippen molar-refractivity contribution in [2.75, 3.05) is 19.0 Å². The Labute approximate surface area is 109 Å². The summed E-state index contributed by atoms with van der Waals surface area (Å²) < 4.78 is 4.92. The Kier molecular flexibility index (Phi) is 9.53. The van der Waals surface area contributed by atoms with Crippen molar-refractivity contribution in [3.05, 3.63) is 11.2 Å². The summed E-state index contributed by atoms with van der Waals surface area (Å²) in [5.74, 6) is 0.711. The number of nitrogens with zero attached hydrogens (tertiary/aromatic N) is 2. The lowest BCUT2D eigenvalue weighted by molar-refractivity contribution is 0.380. The summed E-state index contributed by atoms with van der Waals surface area (Å²) in [5, 5.41) is 3.57. The third-order valence-corrected chi connectivity index (χ3v) is 2.14. The highest BCUT2D eigenvalue weighted by Crippen LogP contribution is 2.15. The molecule has 0 unspecified atom stereocenters. The third-order valence-electron chi connectivity index (χ3n) is 1.94. The Balaban J connectivity index is 0.00000121. The van der Waals surface area contributed by atoms with Gasteiger partial charge in [0.25, 0.3) is 0 Å². The van der Waals surface area contributed by atoms with Crippen molar-refractivity contribution < 1.29 is 4.74 Å². The number of rotatable bonds is 6. The molecular weight excluding hydrogens is 238 g/mol. The molecule has 0 radical (unpaired) electrons. The minimum absolute atomic E-state index is 0.292.